The quantitative estimate of drug-likeness (QED) is 0.507. The standard InChI is InChI=1S/C25H27ClF2N4O5/c1-31(2)24(35)37-12-20(13-4-7-19(26)18(8-13)21(33)36-3)32-22(34)25(14-5-6-14,30-23(32)29)15-9-16(27)11-17(28)10-15/h4,7-9,11,14-15,20H,5-6,10,12H2,1-3H3,(H2,29,30)/t15?,20-,25-/m1/s1. The lowest BCUT2D eigenvalue weighted by Gasteiger charge is -2.36. The third-order valence-electron chi connectivity index (χ3n) is 6.84. The van der Waals surface area contributed by atoms with Gasteiger partial charge in [0, 0.05) is 32.5 Å². The molecule has 3 atom stereocenters. The molecule has 1 aromatic carbocycles. The van der Waals surface area contributed by atoms with Crippen molar-refractivity contribution in [2.75, 3.05) is 27.8 Å². The molecule has 1 saturated carbocycles. The molecule has 2 N–H and O–H groups in total. The van der Waals surface area contributed by atoms with Gasteiger partial charge in [-0.05, 0) is 42.5 Å². The van der Waals surface area contributed by atoms with Crippen LogP contribution in [0.2, 0.25) is 5.02 Å². The molecule has 37 heavy (non-hydrogen) atoms. The molecule has 1 aromatic rings. The van der Waals surface area contributed by atoms with Gasteiger partial charge in [0.1, 0.15) is 23.8 Å². The monoisotopic (exact) mass is 536 g/mol. The number of carbonyl (C=O) groups is 3. The van der Waals surface area contributed by atoms with Crippen LogP contribution in [0.15, 0.2) is 42.0 Å². The number of methoxy groups -OCH3 is 1. The summed E-state index contributed by atoms with van der Waals surface area (Å²) < 4.78 is 38.7. The Labute approximate surface area is 217 Å². The van der Waals surface area contributed by atoms with Crippen LogP contribution in [0.4, 0.5) is 13.6 Å². The van der Waals surface area contributed by atoms with E-state index in [1.807, 2.05) is 0 Å². The number of ether oxygens (including phenoxy) is 2. The second kappa shape index (κ2) is 10.1. The van der Waals surface area contributed by atoms with Crippen LogP contribution in [0.1, 0.15) is 41.2 Å². The summed E-state index contributed by atoms with van der Waals surface area (Å²) in [5.74, 6) is -4.18. The molecular formula is C25H27ClF2N4O5. The average Bonchev–Trinajstić information content (AvgIpc) is 3.65. The SMILES string of the molecule is COC(=O)c1cc([C@@H](COC(=O)N(C)C)N2C(=N)N[C@@](C3C=C(F)C=C(F)C3)(C3CC3)C2=O)ccc1Cl. The van der Waals surface area contributed by atoms with Crippen LogP contribution in [0.3, 0.4) is 0 Å². The maximum atomic E-state index is 14.3. The van der Waals surface area contributed by atoms with Crippen molar-refractivity contribution in [3.8, 4) is 0 Å². The van der Waals surface area contributed by atoms with Gasteiger partial charge in [-0.15, -0.1) is 0 Å². The smallest absolute Gasteiger partial charge is 0.409 e. The molecule has 1 saturated heterocycles. The first kappa shape index (κ1) is 26.6. The first-order valence-electron chi connectivity index (χ1n) is 11.6. The number of nitrogens with one attached hydrogen (secondary N) is 2. The molecule has 1 aliphatic heterocycles. The summed E-state index contributed by atoms with van der Waals surface area (Å²) >= 11 is 6.17. The number of carbonyl (C=O) groups excluding carboxylic acids is 3. The Morgan fingerprint density at radius 1 is 1.32 bits per heavy atom. The van der Waals surface area contributed by atoms with Gasteiger partial charge in [0.05, 0.1) is 23.7 Å². The van der Waals surface area contributed by atoms with Crippen molar-refractivity contribution in [2.45, 2.75) is 30.8 Å². The Morgan fingerprint density at radius 3 is 2.62 bits per heavy atom. The van der Waals surface area contributed by atoms with E-state index in [1.165, 1.54) is 44.3 Å². The van der Waals surface area contributed by atoms with Gasteiger partial charge in [0.25, 0.3) is 5.91 Å². The lowest BCUT2D eigenvalue weighted by molar-refractivity contribution is -0.135. The van der Waals surface area contributed by atoms with Crippen LogP contribution < -0.4 is 5.32 Å². The Morgan fingerprint density at radius 2 is 2.03 bits per heavy atom. The second-order valence-corrected chi connectivity index (χ2v) is 9.87. The third kappa shape index (κ3) is 4.92. The van der Waals surface area contributed by atoms with E-state index in [0.29, 0.717) is 18.4 Å². The van der Waals surface area contributed by atoms with Crippen molar-refractivity contribution < 1.29 is 32.6 Å². The van der Waals surface area contributed by atoms with Crippen LogP contribution in [0, 0.1) is 17.2 Å². The first-order valence-corrected chi connectivity index (χ1v) is 12.0. The fourth-order valence-electron chi connectivity index (χ4n) is 4.90. The Balaban J connectivity index is 1.76. The predicted octanol–water partition coefficient (Wildman–Crippen LogP) is 4.11. The molecule has 1 heterocycles. The summed E-state index contributed by atoms with van der Waals surface area (Å²) in [7, 11) is 4.17. The molecule has 2 amide bonds. The van der Waals surface area contributed by atoms with Crippen molar-refractivity contribution in [2.24, 2.45) is 11.8 Å². The van der Waals surface area contributed by atoms with Crippen molar-refractivity contribution >= 4 is 35.5 Å². The number of guanidine groups is 1. The Hall–Kier alpha value is -3.47. The third-order valence-corrected chi connectivity index (χ3v) is 7.17. The van der Waals surface area contributed by atoms with Crippen molar-refractivity contribution in [3.63, 3.8) is 0 Å². The highest BCUT2D eigenvalue weighted by Crippen LogP contribution is 2.51. The molecule has 12 heteroatoms. The molecule has 2 aliphatic carbocycles. The molecule has 0 radical (unpaired) electrons. The van der Waals surface area contributed by atoms with Crippen LogP contribution in [-0.2, 0) is 14.3 Å². The summed E-state index contributed by atoms with van der Waals surface area (Å²) in [4.78, 5) is 41.0. The van der Waals surface area contributed by atoms with Crippen LogP contribution in [0.25, 0.3) is 0 Å². The molecule has 0 aromatic heterocycles. The zero-order valence-corrected chi connectivity index (χ0v) is 21.3. The van der Waals surface area contributed by atoms with Crippen LogP contribution >= 0.6 is 11.6 Å². The van der Waals surface area contributed by atoms with Gasteiger partial charge in [-0.3, -0.25) is 15.1 Å². The minimum absolute atomic E-state index is 0.0229. The average molecular weight is 537 g/mol. The molecule has 1 unspecified atom stereocenters. The highest BCUT2D eigenvalue weighted by Gasteiger charge is 2.63. The number of esters is 1. The molecule has 9 nitrogen and oxygen atoms in total. The van der Waals surface area contributed by atoms with E-state index >= 15 is 0 Å². The fourth-order valence-corrected chi connectivity index (χ4v) is 5.10. The summed E-state index contributed by atoms with van der Waals surface area (Å²) in [6.45, 7) is -0.362. The number of hydrogen-bond acceptors (Lipinski definition) is 6. The van der Waals surface area contributed by atoms with Gasteiger partial charge < -0.3 is 19.7 Å². The van der Waals surface area contributed by atoms with E-state index in [1.54, 1.807) is 6.07 Å². The van der Waals surface area contributed by atoms with E-state index in [0.717, 1.165) is 11.0 Å². The highest BCUT2D eigenvalue weighted by molar-refractivity contribution is 6.33. The summed E-state index contributed by atoms with van der Waals surface area (Å²) in [5, 5.41) is 11.8. The van der Waals surface area contributed by atoms with Crippen LogP contribution in [0.5, 0.6) is 0 Å². The number of nitrogens with zero attached hydrogens (tertiary/aromatic N) is 2. The summed E-state index contributed by atoms with van der Waals surface area (Å²) in [6, 6.07) is 3.34. The molecule has 0 bridgehead atoms. The number of allylic oxidation sites excluding steroid dienone is 3. The number of benzene rings is 1. The molecular weight excluding hydrogens is 510 g/mol. The normalized spacial score (nSPS) is 24.2. The highest BCUT2D eigenvalue weighted by atomic mass is 35.5. The second-order valence-electron chi connectivity index (χ2n) is 9.46. The van der Waals surface area contributed by atoms with Crippen LogP contribution in [-0.4, -0.2) is 67.1 Å². The van der Waals surface area contributed by atoms with Gasteiger partial charge >= 0.3 is 12.1 Å². The van der Waals surface area contributed by atoms with E-state index < -0.39 is 47.1 Å². The van der Waals surface area contributed by atoms with Gasteiger partial charge in [0.15, 0.2) is 5.96 Å². The fraction of sp³-hybridized carbons (Fsp3) is 0.440. The minimum atomic E-state index is -1.44. The number of hydrogen-bond donors (Lipinski definition) is 2. The summed E-state index contributed by atoms with van der Waals surface area (Å²) in [5.41, 5.74) is -1.07. The zero-order valence-electron chi connectivity index (χ0n) is 20.5. The van der Waals surface area contributed by atoms with Crippen molar-refractivity contribution in [3.05, 3.63) is 58.2 Å². The number of amides is 2. The molecule has 2 fully saturated rings. The number of halogens is 3. The first-order chi connectivity index (χ1) is 17.5. The Kier molecular flexibility index (Phi) is 7.27. The lowest BCUT2D eigenvalue weighted by atomic mass is 9.75. The van der Waals surface area contributed by atoms with Gasteiger partial charge in [-0.25, -0.2) is 18.4 Å². The van der Waals surface area contributed by atoms with Crippen molar-refractivity contribution in [1.29, 1.82) is 5.41 Å². The predicted molar refractivity (Wildman–Crippen MR) is 130 cm³/mol. The van der Waals surface area contributed by atoms with Gasteiger partial charge in [0.2, 0.25) is 0 Å². The zero-order chi connectivity index (χ0) is 27.1. The minimum Gasteiger partial charge on any atom is -0.465 e. The molecule has 3 aliphatic rings. The van der Waals surface area contributed by atoms with Crippen molar-refractivity contribution in [1.82, 2.24) is 15.1 Å². The summed E-state index contributed by atoms with van der Waals surface area (Å²) in [6.07, 6.45) is 2.40. The largest absolute Gasteiger partial charge is 0.465 e. The van der Waals surface area contributed by atoms with Gasteiger partial charge in [-0.2, -0.15) is 0 Å². The maximum absolute atomic E-state index is 14.3. The van der Waals surface area contributed by atoms with E-state index in [-0.39, 0.29) is 35.5 Å². The molecule has 198 valence electrons. The molecule has 4 rings (SSSR count). The van der Waals surface area contributed by atoms with E-state index in [4.69, 9.17) is 26.5 Å². The van der Waals surface area contributed by atoms with Gasteiger partial charge in [-0.1, -0.05) is 17.7 Å². The lowest BCUT2D eigenvalue weighted by Crippen LogP contribution is -2.55. The molecule has 0 spiro atoms. The number of rotatable bonds is 7. The van der Waals surface area contributed by atoms with E-state index in [9.17, 15) is 23.2 Å². The Bertz CT molecular complexity index is 1220. The maximum Gasteiger partial charge on any atom is 0.409 e. The topological polar surface area (TPSA) is 112 Å². The van der Waals surface area contributed by atoms with E-state index in [2.05, 4.69) is 5.32 Å².